The van der Waals surface area contributed by atoms with Crippen molar-refractivity contribution >= 4 is 0 Å². The fourth-order valence-electron chi connectivity index (χ4n) is 9.08. The third-order valence-electron chi connectivity index (χ3n) is 11.5. The van der Waals surface area contributed by atoms with E-state index in [4.69, 9.17) is 14.7 Å². The van der Waals surface area contributed by atoms with Gasteiger partial charge in [0.2, 0.25) is 0 Å². The minimum Gasteiger partial charge on any atom is -0.389 e. The van der Waals surface area contributed by atoms with E-state index in [9.17, 15) is 5.11 Å². The monoisotopic (exact) mass is 577 g/mol. The summed E-state index contributed by atoms with van der Waals surface area (Å²) < 4.78 is 12.9. The first-order chi connectivity index (χ1) is 20.5. The molecule has 1 heterocycles. The summed E-state index contributed by atoms with van der Waals surface area (Å²) >= 11 is 0. The Labute approximate surface area is 258 Å². The van der Waals surface area contributed by atoms with E-state index in [1.165, 1.54) is 22.8 Å². The zero-order valence-corrected chi connectivity index (χ0v) is 26.4. The number of ether oxygens (including phenoxy) is 2. The third-order valence-corrected chi connectivity index (χ3v) is 11.5. The Hall–Kier alpha value is -2.89. The first-order valence-corrected chi connectivity index (χ1v) is 16.3. The Bertz CT molecular complexity index is 1450. The Morgan fingerprint density at radius 1 is 1.07 bits per heavy atom. The Morgan fingerprint density at radius 2 is 1.81 bits per heavy atom. The van der Waals surface area contributed by atoms with Crippen molar-refractivity contribution in [3.63, 3.8) is 0 Å². The molecular formula is C39H47NO3. The van der Waals surface area contributed by atoms with Gasteiger partial charge in [-0.25, -0.2) is 0 Å². The van der Waals surface area contributed by atoms with Crippen LogP contribution in [0.3, 0.4) is 0 Å². The predicted octanol–water partition coefficient (Wildman–Crippen LogP) is 8.16. The molecule has 1 N–H and O–H groups in total. The average Bonchev–Trinajstić information content (AvgIpc) is 3.26. The lowest BCUT2D eigenvalue weighted by atomic mass is 9.50. The molecule has 1 aromatic rings. The van der Waals surface area contributed by atoms with Crippen molar-refractivity contribution in [2.75, 3.05) is 13.2 Å². The molecule has 0 radical (unpaired) electrons. The SMILES string of the molecule is C=CC(C)CC1(O)CCC2C3CCC4=CC5(CCC4=C3C(c3ccc(C#CC=CC#N)cc3)CC21C)OCC(C)(C)CO5. The van der Waals surface area contributed by atoms with E-state index in [1.807, 2.05) is 12.1 Å². The standard InChI is InChI=1S/C39H47NO3/c1-6-27(2)22-38(41)19-18-34-32-16-15-30-23-39(42-25-36(3,4)26-43-39)20-17-31(30)35(32)33(24-37(34,38)5)29-13-11-28(12-14-29)10-8-7-9-21-40/h6-7,9,11-14,23,27,32-34,41H,1,15-20,22,24-26H2,2-5H3. The lowest BCUT2D eigenvalue weighted by Gasteiger charge is -2.56. The maximum absolute atomic E-state index is 12.4. The molecule has 4 heteroatoms. The molecule has 4 nitrogen and oxygen atoms in total. The Morgan fingerprint density at radius 3 is 2.51 bits per heavy atom. The van der Waals surface area contributed by atoms with Crippen LogP contribution < -0.4 is 0 Å². The number of hydrogen-bond donors (Lipinski definition) is 1. The van der Waals surface area contributed by atoms with Gasteiger partial charge in [-0.1, -0.05) is 63.3 Å². The summed E-state index contributed by atoms with van der Waals surface area (Å²) in [6, 6.07) is 10.7. The molecule has 6 rings (SSSR count). The van der Waals surface area contributed by atoms with E-state index in [0.29, 0.717) is 11.8 Å². The number of nitriles is 1. The minimum atomic E-state index is -0.693. The number of nitrogens with zero attached hydrogens (tertiary/aromatic N) is 1. The zero-order valence-electron chi connectivity index (χ0n) is 26.4. The molecule has 1 aliphatic heterocycles. The molecule has 5 aliphatic rings. The largest absolute Gasteiger partial charge is 0.389 e. The lowest BCUT2D eigenvalue weighted by Crippen LogP contribution is -2.52. The van der Waals surface area contributed by atoms with Gasteiger partial charge in [0.25, 0.3) is 0 Å². The Kier molecular flexibility index (Phi) is 7.88. The van der Waals surface area contributed by atoms with Crippen LogP contribution in [0.2, 0.25) is 0 Å². The molecule has 0 aromatic heterocycles. The summed E-state index contributed by atoms with van der Waals surface area (Å²) in [7, 11) is 0. The van der Waals surface area contributed by atoms with E-state index in [2.05, 4.69) is 76.5 Å². The molecule has 3 fully saturated rings. The summed E-state index contributed by atoms with van der Waals surface area (Å²) in [6.45, 7) is 14.5. The topological polar surface area (TPSA) is 62.5 Å². The van der Waals surface area contributed by atoms with Gasteiger partial charge in [-0.3, -0.25) is 0 Å². The van der Waals surface area contributed by atoms with Crippen LogP contribution in [0.4, 0.5) is 0 Å². The molecule has 226 valence electrons. The van der Waals surface area contributed by atoms with Gasteiger partial charge in [-0.15, -0.1) is 6.58 Å². The van der Waals surface area contributed by atoms with Gasteiger partial charge in [0.1, 0.15) is 0 Å². The van der Waals surface area contributed by atoms with Gasteiger partial charge in [0, 0.05) is 34.8 Å². The van der Waals surface area contributed by atoms with Crippen LogP contribution in [0, 0.1) is 51.8 Å². The van der Waals surface area contributed by atoms with Gasteiger partial charge in [0.15, 0.2) is 5.79 Å². The van der Waals surface area contributed by atoms with Crippen molar-refractivity contribution < 1.29 is 14.6 Å². The van der Waals surface area contributed by atoms with Crippen molar-refractivity contribution in [2.24, 2.45) is 28.6 Å². The summed E-state index contributed by atoms with van der Waals surface area (Å²) in [5, 5.41) is 21.1. The fraction of sp³-hybridized carbons (Fsp3) is 0.564. The molecule has 6 unspecified atom stereocenters. The molecule has 1 spiro atoms. The van der Waals surface area contributed by atoms with E-state index >= 15 is 0 Å². The van der Waals surface area contributed by atoms with E-state index < -0.39 is 11.4 Å². The number of hydrogen-bond acceptors (Lipinski definition) is 4. The second kappa shape index (κ2) is 11.2. The third kappa shape index (κ3) is 5.37. The number of aliphatic hydroxyl groups is 1. The molecular weight excluding hydrogens is 530 g/mol. The van der Waals surface area contributed by atoms with Crippen LogP contribution in [-0.4, -0.2) is 29.7 Å². The van der Waals surface area contributed by atoms with Crippen LogP contribution in [0.1, 0.15) is 96.1 Å². The quantitative estimate of drug-likeness (QED) is 0.223. The number of benzene rings is 1. The van der Waals surface area contributed by atoms with Gasteiger partial charge in [-0.2, -0.15) is 5.26 Å². The average molecular weight is 578 g/mol. The van der Waals surface area contributed by atoms with E-state index in [-0.39, 0.29) is 22.7 Å². The Balaban J connectivity index is 1.41. The van der Waals surface area contributed by atoms with Gasteiger partial charge in [-0.05, 0) is 104 Å². The van der Waals surface area contributed by atoms with Gasteiger partial charge >= 0.3 is 0 Å². The number of fused-ring (bicyclic) bond motifs is 4. The summed E-state index contributed by atoms with van der Waals surface area (Å²) in [5.41, 5.74) is 6.01. The second-order valence-electron chi connectivity index (χ2n) is 14.9. The van der Waals surface area contributed by atoms with Crippen molar-refractivity contribution in [2.45, 2.75) is 96.4 Å². The molecule has 2 saturated carbocycles. The highest BCUT2D eigenvalue weighted by Gasteiger charge is 2.63. The molecule has 6 atom stereocenters. The zero-order chi connectivity index (χ0) is 30.5. The molecule has 43 heavy (non-hydrogen) atoms. The first kappa shape index (κ1) is 30.1. The van der Waals surface area contributed by atoms with Crippen LogP contribution in [0.5, 0.6) is 0 Å². The highest BCUT2D eigenvalue weighted by atomic mass is 16.7. The van der Waals surface area contributed by atoms with Crippen molar-refractivity contribution in [3.8, 4) is 17.9 Å². The summed E-state index contributed by atoms with van der Waals surface area (Å²) in [5.74, 6) is 6.99. The number of allylic oxidation sites excluding steroid dienone is 6. The maximum Gasteiger partial charge on any atom is 0.188 e. The van der Waals surface area contributed by atoms with Gasteiger partial charge < -0.3 is 14.6 Å². The molecule has 1 saturated heterocycles. The van der Waals surface area contributed by atoms with E-state index in [1.54, 1.807) is 11.6 Å². The highest BCUT2D eigenvalue weighted by molar-refractivity contribution is 5.50. The maximum atomic E-state index is 12.4. The van der Waals surface area contributed by atoms with Crippen molar-refractivity contribution in [1.82, 2.24) is 0 Å². The fourth-order valence-corrected chi connectivity index (χ4v) is 9.08. The predicted molar refractivity (Wildman–Crippen MR) is 171 cm³/mol. The summed E-state index contributed by atoms with van der Waals surface area (Å²) in [6.07, 6.45) is 15.0. The van der Waals surface area contributed by atoms with Crippen LogP contribution in [0.25, 0.3) is 0 Å². The second-order valence-corrected chi connectivity index (χ2v) is 14.9. The molecule has 0 amide bonds. The highest BCUT2D eigenvalue weighted by Crippen LogP contribution is 2.68. The minimum absolute atomic E-state index is 0.0456. The van der Waals surface area contributed by atoms with Crippen LogP contribution >= 0.6 is 0 Å². The molecule has 4 aliphatic carbocycles. The number of rotatable bonds is 4. The van der Waals surface area contributed by atoms with Gasteiger partial charge in [0.05, 0.1) is 24.9 Å². The normalized spacial score (nSPS) is 34.7. The summed E-state index contributed by atoms with van der Waals surface area (Å²) in [4.78, 5) is 0. The van der Waals surface area contributed by atoms with Crippen LogP contribution in [-0.2, 0) is 9.47 Å². The first-order valence-electron chi connectivity index (χ1n) is 16.3. The van der Waals surface area contributed by atoms with Crippen LogP contribution in [0.15, 0.2) is 71.9 Å². The molecule has 1 aromatic carbocycles. The van der Waals surface area contributed by atoms with Crippen molar-refractivity contribution in [3.05, 3.63) is 83.0 Å². The smallest absolute Gasteiger partial charge is 0.188 e. The lowest BCUT2D eigenvalue weighted by molar-refractivity contribution is -0.275. The molecule has 0 bridgehead atoms. The van der Waals surface area contributed by atoms with E-state index in [0.717, 1.165) is 70.1 Å². The van der Waals surface area contributed by atoms with Crippen molar-refractivity contribution in [1.29, 1.82) is 5.26 Å².